The van der Waals surface area contributed by atoms with E-state index < -0.39 is 0 Å². The molecule has 25 heavy (non-hydrogen) atoms. The van der Waals surface area contributed by atoms with Gasteiger partial charge in [-0.2, -0.15) is 0 Å². The van der Waals surface area contributed by atoms with Gasteiger partial charge >= 0.3 is 0 Å². The number of aromatic nitrogens is 3. The fraction of sp³-hybridized carbons (Fsp3) is 0.600. The molecule has 0 atom stereocenters. The summed E-state index contributed by atoms with van der Waals surface area (Å²) in [6.45, 7) is 5.01. The first-order valence-corrected chi connectivity index (χ1v) is 9.56. The molecule has 3 heterocycles. The molecule has 0 radical (unpaired) electrons. The van der Waals surface area contributed by atoms with Crippen molar-refractivity contribution >= 4 is 5.91 Å². The normalized spacial score (nSPS) is 18.7. The van der Waals surface area contributed by atoms with Crippen molar-refractivity contribution in [3.63, 3.8) is 0 Å². The number of carbonyl (C=O) groups is 1. The fourth-order valence-corrected chi connectivity index (χ4v) is 4.02. The molecular weight excluding hydrogens is 312 g/mol. The maximum absolute atomic E-state index is 12.6. The molecule has 1 saturated carbocycles. The lowest BCUT2D eigenvalue weighted by Crippen LogP contribution is -2.39. The topological polar surface area (TPSA) is 43.1 Å². The molecule has 0 spiro atoms. The highest BCUT2D eigenvalue weighted by molar-refractivity contribution is 5.92. The smallest absolute Gasteiger partial charge is 0.270 e. The van der Waals surface area contributed by atoms with Gasteiger partial charge < -0.3 is 14.0 Å². The van der Waals surface area contributed by atoms with Crippen molar-refractivity contribution in [2.24, 2.45) is 13.0 Å². The number of imidazole rings is 1. The second-order valence-electron chi connectivity index (χ2n) is 7.71. The van der Waals surface area contributed by atoms with Crippen LogP contribution in [0, 0.1) is 12.8 Å². The molecule has 134 valence electrons. The van der Waals surface area contributed by atoms with Crippen molar-refractivity contribution in [1.82, 2.24) is 19.0 Å². The second kappa shape index (κ2) is 6.70. The molecule has 0 unspecified atom stereocenters. The summed E-state index contributed by atoms with van der Waals surface area (Å²) in [7, 11) is 1.94. The molecule has 5 heteroatoms. The molecule has 5 nitrogen and oxygen atoms in total. The SMILES string of the molecule is Cc1cnc(C2CC2)n1CCC1CCN(C(=O)c2cccn2C)CC1. The molecular formula is C20H28N4O. The van der Waals surface area contributed by atoms with Crippen molar-refractivity contribution in [2.45, 2.75) is 51.5 Å². The summed E-state index contributed by atoms with van der Waals surface area (Å²) in [6, 6.07) is 3.85. The third kappa shape index (κ3) is 3.37. The summed E-state index contributed by atoms with van der Waals surface area (Å²) in [4.78, 5) is 19.2. The first kappa shape index (κ1) is 16.4. The van der Waals surface area contributed by atoms with E-state index in [0.29, 0.717) is 11.8 Å². The Morgan fingerprint density at radius 2 is 2.00 bits per heavy atom. The van der Waals surface area contributed by atoms with Gasteiger partial charge in [-0.25, -0.2) is 4.98 Å². The zero-order valence-electron chi connectivity index (χ0n) is 15.3. The Kier molecular flexibility index (Phi) is 4.40. The quantitative estimate of drug-likeness (QED) is 0.838. The van der Waals surface area contributed by atoms with E-state index in [0.717, 1.165) is 38.2 Å². The molecule has 1 aliphatic heterocycles. The second-order valence-corrected chi connectivity index (χ2v) is 7.71. The highest BCUT2D eigenvalue weighted by Crippen LogP contribution is 2.39. The van der Waals surface area contributed by atoms with Gasteiger partial charge in [0.05, 0.1) is 0 Å². The van der Waals surface area contributed by atoms with Gasteiger partial charge in [-0.1, -0.05) is 0 Å². The lowest BCUT2D eigenvalue weighted by atomic mass is 9.93. The predicted molar refractivity (Wildman–Crippen MR) is 97.6 cm³/mol. The number of likely N-dealkylation sites (tertiary alicyclic amines) is 1. The van der Waals surface area contributed by atoms with Crippen molar-refractivity contribution in [3.05, 3.63) is 41.7 Å². The molecule has 4 rings (SSSR count). The summed E-state index contributed by atoms with van der Waals surface area (Å²) < 4.78 is 4.34. The Hall–Kier alpha value is -2.04. The average Bonchev–Trinajstić information content (AvgIpc) is 3.27. The zero-order valence-corrected chi connectivity index (χ0v) is 15.3. The van der Waals surface area contributed by atoms with Crippen LogP contribution >= 0.6 is 0 Å². The lowest BCUT2D eigenvalue weighted by molar-refractivity contribution is 0.0675. The number of aryl methyl sites for hydroxylation is 2. The van der Waals surface area contributed by atoms with Gasteiger partial charge in [0.1, 0.15) is 11.5 Å². The number of hydrogen-bond acceptors (Lipinski definition) is 2. The molecule has 2 fully saturated rings. The molecule has 2 aromatic rings. The Morgan fingerprint density at radius 3 is 2.64 bits per heavy atom. The minimum Gasteiger partial charge on any atom is -0.347 e. The Labute approximate surface area is 149 Å². The van der Waals surface area contributed by atoms with Gasteiger partial charge in [0.15, 0.2) is 0 Å². The van der Waals surface area contributed by atoms with Crippen LogP contribution in [-0.4, -0.2) is 38.0 Å². The van der Waals surface area contributed by atoms with Crippen molar-refractivity contribution < 1.29 is 4.79 Å². The van der Waals surface area contributed by atoms with Crippen LogP contribution in [0.2, 0.25) is 0 Å². The van der Waals surface area contributed by atoms with Crippen LogP contribution in [0.15, 0.2) is 24.5 Å². The van der Waals surface area contributed by atoms with Crippen LogP contribution in [0.25, 0.3) is 0 Å². The molecule has 2 aliphatic rings. The number of amides is 1. The van der Waals surface area contributed by atoms with E-state index in [-0.39, 0.29) is 5.91 Å². The van der Waals surface area contributed by atoms with E-state index in [1.807, 2.05) is 41.0 Å². The molecule has 2 aromatic heterocycles. The van der Waals surface area contributed by atoms with Crippen molar-refractivity contribution in [3.8, 4) is 0 Å². The molecule has 1 aliphatic carbocycles. The first-order chi connectivity index (χ1) is 12.1. The number of hydrogen-bond donors (Lipinski definition) is 0. The summed E-state index contributed by atoms with van der Waals surface area (Å²) in [6.07, 6.45) is 9.99. The number of nitrogens with zero attached hydrogens (tertiary/aromatic N) is 4. The van der Waals surface area contributed by atoms with Crippen LogP contribution in [-0.2, 0) is 13.6 Å². The highest BCUT2D eigenvalue weighted by atomic mass is 16.2. The molecule has 0 aromatic carbocycles. The predicted octanol–water partition coefficient (Wildman–Crippen LogP) is 3.35. The molecule has 1 amide bonds. The van der Waals surface area contributed by atoms with Gasteiger partial charge in [0, 0.05) is 50.7 Å². The third-order valence-corrected chi connectivity index (χ3v) is 5.85. The van der Waals surface area contributed by atoms with Gasteiger partial charge in [-0.3, -0.25) is 4.79 Å². The first-order valence-electron chi connectivity index (χ1n) is 9.56. The Balaban J connectivity index is 1.30. The summed E-state index contributed by atoms with van der Waals surface area (Å²) in [5, 5.41) is 0. The van der Waals surface area contributed by atoms with Gasteiger partial charge in [0.2, 0.25) is 0 Å². The number of rotatable bonds is 5. The minimum atomic E-state index is 0.174. The Morgan fingerprint density at radius 1 is 1.24 bits per heavy atom. The number of carbonyl (C=O) groups excluding carboxylic acids is 1. The van der Waals surface area contributed by atoms with E-state index in [4.69, 9.17) is 0 Å². The van der Waals surface area contributed by atoms with Crippen LogP contribution in [0.4, 0.5) is 0 Å². The Bertz CT molecular complexity index is 748. The van der Waals surface area contributed by atoms with E-state index in [9.17, 15) is 4.79 Å². The van der Waals surface area contributed by atoms with Crippen molar-refractivity contribution in [2.75, 3.05) is 13.1 Å². The lowest BCUT2D eigenvalue weighted by Gasteiger charge is -2.32. The number of piperidine rings is 1. The summed E-state index contributed by atoms with van der Waals surface area (Å²) >= 11 is 0. The summed E-state index contributed by atoms with van der Waals surface area (Å²) in [5.74, 6) is 2.89. The van der Waals surface area contributed by atoms with Gasteiger partial charge in [0.25, 0.3) is 5.91 Å². The van der Waals surface area contributed by atoms with E-state index in [1.54, 1.807) is 0 Å². The molecule has 0 N–H and O–H groups in total. The molecule has 1 saturated heterocycles. The standard InChI is InChI=1S/C20H28N4O/c1-15-14-21-19(17-5-6-17)24(15)13-9-16-7-11-23(12-8-16)20(25)18-4-3-10-22(18)2/h3-4,10,14,16-17H,5-9,11-13H2,1-2H3. The summed E-state index contributed by atoms with van der Waals surface area (Å²) in [5.41, 5.74) is 2.08. The van der Waals surface area contributed by atoms with Crippen molar-refractivity contribution in [1.29, 1.82) is 0 Å². The van der Waals surface area contributed by atoms with E-state index in [2.05, 4.69) is 16.5 Å². The van der Waals surface area contributed by atoms with Gasteiger partial charge in [-0.05, 0) is 57.1 Å². The zero-order chi connectivity index (χ0) is 17.4. The van der Waals surface area contributed by atoms with Crippen LogP contribution in [0.3, 0.4) is 0 Å². The minimum absolute atomic E-state index is 0.174. The van der Waals surface area contributed by atoms with Crippen LogP contribution < -0.4 is 0 Å². The van der Waals surface area contributed by atoms with Gasteiger partial charge in [-0.15, -0.1) is 0 Å². The largest absolute Gasteiger partial charge is 0.347 e. The van der Waals surface area contributed by atoms with E-state index >= 15 is 0 Å². The van der Waals surface area contributed by atoms with Crippen LogP contribution in [0.5, 0.6) is 0 Å². The highest BCUT2D eigenvalue weighted by Gasteiger charge is 2.29. The van der Waals surface area contributed by atoms with Crippen LogP contribution in [0.1, 0.15) is 60.0 Å². The van der Waals surface area contributed by atoms with E-state index in [1.165, 1.54) is 30.8 Å². The molecule has 0 bridgehead atoms. The third-order valence-electron chi connectivity index (χ3n) is 5.85. The average molecular weight is 340 g/mol. The monoisotopic (exact) mass is 340 g/mol. The maximum atomic E-state index is 12.6. The fourth-order valence-electron chi connectivity index (χ4n) is 4.02. The maximum Gasteiger partial charge on any atom is 0.270 e.